The summed E-state index contributed by atoms with van der Waals surface area (Å²) in [5.41, 5.74) is 4.32. The van der Waals surface area contributed by atoms with Crippen LogP contribution in [0.15, 0.2) is 63.5 Å². The third-order valence-electron chi connectivity index (χ3n) is 6.69. The molecule has 0 radical (unpaired) electrons. The highest BCUT2D eigenvalue weighted by Gasteiger charge is 2.42. The highest BCUT2D eigenvalue weighted by atomic mass is 79.9. The molecule has 0 N–H and O–H groups in total. The number of Topliss-reactive ketones (excluding diaryl/α,β-unsaturated/α-hetero) is 2. The Labute approximate surface area is 207 Å². The van der Waals surface area contributed by atoms with Crippen molar-refractivity contribution >= 4 is 27.5 Å². The number of halogens is 1. The summed E-state index contributed by atoms with van der Waals surface area (Å²) in [6.07, 6.45) is 3.95. The maximum absolute atomic E-state index is 13.0. The number of aryl methyl sites for hydroxylation is 1. The number of benzene rings is 2. The van der Waals surface area contributed by atoms with Gasteiger partial charge in [0.15, 0.2) is 23.1 Å². The lowest BCUT2D eigenvalue weighted by Gasteiger charge is -2.36. The zero-order valence-electron chi connectivity index (χ0n) is 19.4. The second kappa shape index (κ2) is 9.41. The number of carbonyl (C=O) groups is 2. The van der Waals surface area contributed by atoms with Crippen molar-refractivity contribution in [3.8, 4) is 11.5 Å². The first kappa shape index (κ1) is 22.9. The molecule has 0 atom stereocenters. The molecule has 176 valence electrons. The van der Waals surface area contributed by atoms with Crippen molar-refractivity contribution in [2.24, 2.45) is 0 Å². The Morgan fingerprint density at radius 1 is 0.971 bits per heavy atom. The van der Waals surface area contributed by atoms with Crippen molar-refractivity contribution < 1.29 is 23.8 Å². The molecular formula is C28H27BrO5. The molecule has 5 nitrogen and oxygen atoms in total. The van der Waals surface area contributed by atoms with Gasteiger partial charge < -0.3 is 14.2 Å². The number of carbonyl (C=O) groups excluding carboxylic acids is 2. The van der Waals surface area contributed by atoms with Crippen molar-refractivity contribution in [2.45, 2.75) is 58.0 Å². The lowest BCUT2D eigenvalue weighted by atomic mass is 9.73. The van der Waals surface area contributed by atoms with E-state index in [2.05, 4.69) is 22.0 Å². The van der Waals surface area contributed by atoms with Gasteiger partial charge in [-0.1, -0.05) is 29.8 Å². The van der Waals surface area contributed by atoms with E-state index in [0.717, 1.165) is 52.8 Å². The molecule has 5 rings (SSSR count). The summed E-state index contributed by atoms with van der Waals surface area (Å²) in [7, 11) is 1.60. The Bertz CT molecular complexity index is 1200. The molecule has 2 aromatic rings. The van der Waals surface area contributed by atoms with Crippen molar-refractivity contribution in [2.75, 3.05) is 7.11 Å². The molecule has 0 amide bonds. The first-order chi connectivity index (χ1) is 16.5. The summed E-state index contributed by atoms with van der Waals surface area (Å²) in [5.74, 6) is 2.29. The van der Waals surface area contributed by atoms with Gasteiger partial charge in [-0.15, -0.1) is 0 Å². The fraction of sp³-hybridized carbons (Fsp3) is 0.357. The number of hydrogen-bond acceptors (Lipinski definition) is 5. The highest BCUT2D eigenvalue weighted by Crippen LogP contribution is 2.50. The minimum Gasteiger partial charge on any atom is -0.493 e. The van der Waals surface area contributed by atoms with Gasteiger partial charge in [0.25, 0.3) is 0 Å². The Hall–Kier alpha value is -2.86. The quantitative estimate of drug-likeness (QED) is 0.450. The van der Waals surface area contributed by atoms with Gasteiger partial charge in [-0.05, 0) is 59.0 Å². The molecule has 0 spiro atoms. The smallest absolute Gasteiger partial charge is 0.175 e. The molecule has 3 aliphatic rings. The fourth-order valence-corrected chi connectivity index (χ4v) is 5.73. The van der Waals surface area contributed by atoms with Crippen LogP contribution in [0.25, 0.3) is 0 Å². The lowest BCUT2D eigenvalue weighted by molar-refractivity contribution is -0.117. The standard InChI is InChI=1S/C28H27BrO5/c1-16-6-3-7-17(12-16)15-33-28-19(29)13-18(14-24(28)32-2)25-26-20(30)8-4-10-22(26)34-23-11-5-9-21(31)27(23)25/h3,6-7,12-14,25H,4-5,8-11,15H2,1-2H3. The Morgan fingerprint density at radius 2 is 1.65 bits per heavy atom. The van der Waals surface area contributed by atoms with Crippen molar-refractivity contribution in [1.82, 2.24) is 0 Å². The topological polar surface area (TPSA) is 61.8 Å². The van der Waals surface area contributed by atoms with Crippen LogP contribution >= 0.6 is 15.9 Å². The monoisotopic (exact) mass is 522 g/mol. The van der Waals surface area contributed by atoms with E-state index < -0.39 is 5.92 Å². The van der Waals surface area contributed by atoms with Crippen LogP contribution in [0.2, 0.25) is 0 Å². The highest BCUT2D eigenvalue weighted by molar-refractivity contribution is 9.10. The van der Waals surface area contributed by atoms with Crippen LogP contribution in [0.3, 0.4) is 0 Å². The van der Waals surface area contributed by atoms with Gasteiger partial charge in [-0.25, -0.2) is 0 Å². The number of rotatable bonds is 5. The van der Waals surface area contributed by atoms with Gasteiger partial charge in [-0.3, -0.25) is 9.59 Å². The SMILES string of the molecule is COc1cc(C2C3=C(CCCC3=O)OC3=C2C(=O)CCC3)cc(Br)c1OCc1cccc(C)c1. The van der Waals surface area contributed by atoms with E-state index in [9.17, 15) is 9.59 Å². The molecule has 1 aliphatic heterocycles. The second-order valence-corrected chi connectivity index (χ2v) is 9.93. The number of hydrogen-bond donors (Lipinski definition) is 0. The molecule has 0 unspecified atom stereocenters. The van der Waals surface area contributed by atoms with E-state index in [-0.39, 0.29) is 11.6 Å². The van der Waals surface area contributed by atoms with E-state index in [1.165, 1.54) is 5.56 Å². The number of ether oxygens (including phenoxy) is 3. The van der Waals surface area contributed by atoms with Crippen molar-refractivity contribution in [3.63, 3.8) is 0 Å². The van der Waals surface area contributed by atoms with Crippen LogP contribution in [-0.2, 0) is 20.9 Å². The van der Waals surface area contributed by atoms with E-state index in [1.54, 1.807) is 7.11 Å². The van der Waals surface area contributed by atoms with E-state index in [0.29, 0.717) is 42.1 Å². The molecule has 2 aromatic carbocycles. The third-order valence-corrected chi connectivity index (χ3v) is 7.28. The fourth-order valence-electron chi connectivity index (χ4n) is 5.15. The second-order valence-electron chi connectivity index (χ2n) is 9.07. The van der Waals surface area contributed by atoms with E-state index >= 15 is 0 Å². The third kappa shape index (κ3) is 4.20. The Balaban J connectivity index is 1.56. The predicted molar refractivity (Wildman–Crippen MR) is 132 cm³/mol. The van der Waals surface area contributed by atoms with Gasteiger partial charge >= 0.3 is 0 Å². The molecule has 0 aromatic heterocycles. The van der Waals surface area contributed by atoms with Crippen LogP contribution in [0.5, 0.6) is 11.5 Å². The Kier molecular flexibility index (Phi) is 6.34. The molecule has 0 saturated heterocycles. The molecule has 0 fully saturated rings. The average Bonchev–Trinajstić information content (AvgIpc) is 2.82. The summed E-state index contributed by atoms with van der Waals surface area (Å²) < 4.78 is 18.7. The largest absolute Gasteiger partial charge is 0.493 e. The minimum absolute atomic E-state index is 0.0611. The summed E-state index contributed by atoms with van der Waals surface area (Å²) in [6, 6.07) is 12.0. The number of ketones is 2. The minimum atomic E-state index is -0.435. The van der Waals surface area contributed by atoms with E-state index in [4.69, 9.17) is 14.2 Å². The zero-order chi connectivity index (χ0) is 23.8. The lowest BCUT2D eigenvalue weighted by Crippen LogP contribution is -2.30. The molecular weight excluding hydrogens is 496 g/mol. The first-order valence-electron chi connectivity index (χ1n) is 11.7. The average molecular weight is 523 g/mol. The summed E-state index contributed by atoms with van der Waals surface area (Å²) in [5, 5.41) is 0. The summed E-state index contributed by atoms with van der Waals surface area (Å²) in [6.45, 7) is 2.45. The van der Waals surface area contributed by atoms with Crippen molar-refractivity contribution in [3.05, 3.63) is 80.2 Å². The molecule has 2 aliphatic carbocycles. The van der Waals surface area contributed by atoms with Crippen LogP contribution < -0.4 is 9.47 Å². The van der Waals surface area contributed by atoms with Gasteiger partial charge in [0.2, 0.25) is 0 Å². The molecule has 6 heteroatoms. The molecule has 34 heavy (non-hydrogen) atoms. The molecule has 0 saturated carbocycles. The van der Waals surface area contributed by atoms with E-state index in [1.807, 2.05) is 37.3 Å². The van der Waals surface area contributed by atoms with Crippen LogP contribution in [0.4, 0.5) is 0 Å². The van der Waals surface area contributed by atoms with Crippen molar-refractivity contribution in [1.29, 1.82) is 0 Å². The first-order valence-corrected chi connectivity index (χ1v) is 12.5. The number of allylic oxidation sites excluding steroid dienone is 4. The van der Waals surface area contributed by atoms with Gasteiger partial charge in [-0.2, -0.15) is 0 Å². The van der Waals surface area contributed by atoms with Gasteiger partial charge in [0.1, 0.15) is 18.1 Å². The van der Waals surface area contributed by atoms with Gasteiger partial charge in [0.05, 0.1) is 11.6 Å². The predicted octanol–water partition coefficient (Wildman–Crippen LogP) is 6.47. The van der Waals surface area contributed by atoms with Crippen LogP contribution in [-0.4, -0.2) is 18.7 Å². The number of methoxy groups -OCH3 is 1. The summed E-state index contributed by atoms with van der Waals surface area (Å²) in [4.78, 5) is 26.1. The van der Waals surface area contributed by atoms with Gasteiger partial charge in [0, 0.05) is 42.7 Å². The maximum Gasteiger partial charge on any atom is 0.175 e. The van der Waals surface area contributed by atoms with Crippen LogP contribution in [0, 0.1) is 6.92 Å². The van der Waals surface area contributed by atoms with Crippen LogP contribution in [0.1, 0.15) is 61.1 Å². The molecule has 1 heterocycles. The Morgan fingerprint density at radius 3 is 2.26 bits per heavy atom. The molecule has 0 bridgehead atoms. The summed E-state index contributed by atoms with van der Waals surface area (Å²) >= 11 is 3.66. The zero-order valence-corrected chi connectivity index (χ0v) is 21.0. The maximum atomic E-state index is 13.0. The normalized spacial score (nSPS) is 18.4.